The van der Waals surface area contributed by atoms with Gasteiger partial charge in [0.15, 0.2) is 0 Å². The lowest BCUT2D eigenvalue weighted by molar-refractivity contribution is -0.385. The maximum absolute atomic E-state index is 12.8. The predicted octanol–water partition coefficient (Wildman–Crippen LogP) is 4.02. The standard InChI is InChI=1S/C16H6F3N3O4S/c17-16(18,19)7-4-5-9-11(6-7)27-15(20-9)21-13(23)8-2-1-3-10(22(25)26)12(8)14(21)24/h1-6H. The fraction of sp³-hybridized carbons (Fsp3) is 0.0625. The summed E-state index contributed by atoms with van der Waals surface area (Å²) in [6.45, 7) is 0. The summed E-state index contributed by atoms with van der Waals surface area (Å²) in [6, 6.07) is 6.51. The molecule has 4 rings (SSSR count). The first kappa shape index (κ1) is 17.1. The van der Waals surface area contributed by atoms with Gasteiger partial charge in [0, 0.05) is 6.07 Å². The van der Waals surface area contributed by atoms with E-state index < -0.39 is 34.2 Å². The molecule has 2 amide bonds. The number of nitro groups is 1. The smallest absolute Gasteiger partial charge is 0.268 e. The summed E-state index contributed by atoms with van der Waals surface area (Å²) in [7, 11) is 0. The van der Waals surface area contributed by atoms with Crippen molar-refractivity contribution in [3.8, 4) is 0 Å². The number of rotatable bonds is 2. The Hall–Kier alpha value is -3.34. The maximum atomic E-state index is 12.8. The molecule has 0 N–H and O–H groups in total. The number of benzene rings is 2. The second kappa shape index (κ2) is 5.58. The summed E-state index contributed by atoms with van der Waals surface area (Å²) in [5.74, 6) is -1.74. The largest absolute Gasteiger partial charge is 0.416 e. The van der Waals surface area contributed by atoms with Crippen LogP contribution >= 0.6 is 11.3 Å². The number of hydrogen-bond acceptors (Lipinski definition) is 6. The van der Waals surface area contributed by atoms with Gasteiger partial charge in [-0.15, -0.1) is 0 Å². The Labute approximate surface area is 151 Å². The third-order valence-electron chi connectivity index (χ3n) is 3.99. The fourth-order valence-electron chi connectivity index (χ4n) is 2.78. The Bertz CT molecular complexity index is 1160. The first-order valence-corrected chi connectivity index (χ1v) is 8.14. The highest BCUT2D eigenvalue weighted by atomic mass is 32.1. The van der Waals surface area contributed by atoms with Crippen molar-refractivity contribution < 1.29 is 27.7 Å². The molecule has 1 aliphatic heterocycles. The van der Waals surface area contributed by atoms with Gasteiger partial charge in [0.05, 0.1) is 26.3 Å². The molecule has 3 aromatic rings. The summed E-state index contributed by atoms with van der Waals surface area (Å²) in [5.41, 5.74) is -1.74. The van der Waals surface area contributed by atoms with Gasteiger partial charge in [0.1, 0.15) is 5.56 Å². The van der Waals surface area contributed by atoms with Crippen molar-refractivity contribution in [1.29, 1.82) is 0 Å². The van der Waals surface area contributed by atoms with Crippen molar-refractivity contribution in [3.05, 3.63) is 63.2 Å². The molecule has 0 saturated heterocycles. The van der Waals surface area contributed by atoms with E-state index in [4.69, 9.17) is 0 Å². The molecule has 136 valence electrons. The summed E-state index contributed by atoms with van der Waals surface area (Å²) in [6.07, 6.45) is -4.55. The van der Waals surface area contributed by atoms with Crippen LogP contribution in [0.3, 0.4) is 0 Å². The minimum Gasteiger partial charge on any atom is -0.268 e. The van der Waals surface area contributed by atoms with Crippen LogP contribution in [0.15, 0.2) is 36.4 Å². The number of nitro benzene ring substituents is 1. The van der Waals surface area contributed by atoms with Gasteiger partial charge in [-0.25, -0.2) is 9.88 Å². The lowest BCUT2D eigenvalue weighted by Crippen LogP contribution is -2.29. The third kappa shape index (κ3) is 2.54. The SMILES string of the molecule is O=C1c2cccc([N+](=O)[O-])c2C(=O)N1c1nc2ccc(C(F)(F)F)cc2s1. The molecular weight excluding hydrogens is 387 g/mol. The van der Waals surface area contributed by atoms with Crippen molar-refractivity contribution in [2.24, 2.45) is 0 Å². The predicted molar refractivity (Wildman–Crippen MR) is 88.9 cm³/mol. The molecule has 2 aromatic carbocycles. The number of aromatic nitrogens is 1. The van der Waals surface area contributed by atoms with Crippen LogP contribution in [0.5, 0.6) is 0 Å². The van der Waals surface area contributed by atoms with E-state index in [1.165, 1.54) is 12.1 Å². The summed E-state index contributed by atoms with van der Waals surface area (Å²) >= 11 is 0.720. The van der Waals surface area contributed by atoms with Gasteiger partial charge in [-0.05, 0) is 24.3 Å². The van der Waals surface area contributed by atoms with Crippen LogP contribution in [-0.4, -0.2) is 21.7 Å². The first-order chi connectivity index (χ1) is 12.7. The Kier molecular flexibility index (Phi) is 3.53. The molecule has 1 aliphatic rings. The van der Waals surface area contributed by atoms with Crippen molar-refractivity contribution in [3.63, 3.8) is 0 Å². The molecule has 0 unspecified atom stereocenters. The molecule has 0 fully saturated rings. The summed E-state index contributed by atoms with van der Waals surface area (Å²) in [4.78, 5) is 40.2. The summed E-state index contributed by atoms with van der Waals surface area (Å²) < 4.78 is 38.7. The zero-order valence-electron chi connectivity index (χ0n) is 13.0. The van der Waals surface area contributed by atoms with E-state index >= 15 is 0 Å². The molecule has 2 heterocycles. The van der Waals surface area contributed by atoms with E-state index in [-0.39, 0.29) is 26.5 Å². The number of hydrogen-bond donors (Lipinski definition) is 0. The molecule has 11 heteroatoms. The lowest BCUT2D eigenvalue weighted by Gasteiger charge is -2.08. The van der Waals surface area contributed by atoms with Crippen molar-refractivity contribution in [2.45, 2.75) is 6.18 Å². The highest BCUT2D eigenvalue weighted by Gasteiger charge is 2.43. The minimum absolute atomic E-state index is 0.130. The van der Waals surface area contributed by atoms with Gasteiger partial charge >= 0.3 is 6.18 Å². The van der Waals surface area contributed by atoms with Crippen LogP contribution in [0.4, 0.5) is 24.0 Å². The number of imide groups is 1. The molecule has 7 nitrogen and oxygen atoms in total. The molecule has 27 heavy (non-hydrogen) atoms. The van der Waals surface area contributed by atoms with Gasteiger partial charge in [-0.1, -0.05) is 17.4 Å². The van der Waals surface area contributed by atoms with E-state index in [1.807, 2.05) is 0 Å². The average molecular weight is 393 g/mol. The number of alkyl halides is 3. The normalized spacial score (nSPS) is 14.1. The highest BCUT2D eigenvalue weighted by Crippen LogP contribution is 2.39. The van der Waals surface area contributed by atoms with Gasteiger partial charge in [-0.3, -0.25) is 19.7 Å². The number of carbonyl (C=O) groups excluding carboxylic acids is 2. The quantitative estimate of drug-likeness (QED) is 0.372. The Balaban J connectivity index is 1.83. The molecule has 0 radical (unpaired) electrons. The number of amides is 2. The first-order valence-electron chi connectivity index (χ1n) is 7.32. The molecule has 0 atom stereocenters. The fourth-order valence-corrected chi connectivity index (χ4v) is 3.78. The monoisotopic (exact) mass is 393 g/mol. The molecule has 1 aromatic heterocycles. The molecule has 0 aliphatic carbocycles. The number of fused-ring (bicyclic) bond motifs is 2. The van der Waals surface area contributed by atoms with Gasteiger partial charge in [-0.2, -0.15) is 13.2 Å². The summed E-state index contributed by atoms with van der Waals surface area (Å²) in [5, 5.41) is 11.0. The molecular formula is C16H6F3N3O4S. The topological polar surface area (TPSA) is 93.4 Å². The van der Waals surface area contributed by atoms with Gasteiger partial charge < -0.3 is 0 Å². The van der Waals surface area contributed by atoms with E-state index in [0.29, 0.717) is 4.90 Å². The molecule has 0 saturated carbocycles. The number of carbonyl (C=O) groups is 2. The number of anilines is 1. The van der Waals surface area contributed by atoms with E-state index in [1.54, 1.807) is 0 Å². The minimum atomic E-state index is -4.55. The van der Waals surface area contributed by atoms with Crippen LogP contribution in [0.25, 0.3) is 10.2 Å². The van der Waals surface area contributed by atoms with Gasteiger partial charge in [0.25, 0.3) is 17.5 Å². The van der Waals surface area contributed by atoms with E-state index in [2.05, 4.69) is 4.98 Å². The average Bonchev–Trinajstić information content (AvgIpc) is 3.12. The second-order valence-electron chi connectivity index (χ2n) is 5.58. The van der Waals surface area contributed by atoms with Crippen LogP contribution in [0, 0.1) is 10.1 Å². The zero-order chi connectivity index (χ0) is 19.5. The van der Waals surface area contributed by atoms with E-state index in [0.717, 1.165) is 35.6 Å². The van der Waals surface area contributed by atoms with Crippen LogP contribution in [-0.2, 0) is 6.18 Å². The van der Waals surface area contributed by atoms with E-state index in [9.17, 15) is 32.9 Å². The Morgan fingerprint density at radius 1 is 1.11 bits per heavy atom. The van der Waals surface area contributed by atoms with Crippen LogP contribution < -0.4 is 4.90 Å². The number of halogens is 3. The van der Waals surface area contributed by atoms with Crippen LogP contribution in [0.1, 0.15) is 26.3 Å². The van der Waals surface area contributed by atoms with Crippen LogP contribution in [0.2, 0.25) is 0 Å². The van der Waals surface area contributed by atoms with Gasteiger partial charge in [0.2, 0.25) is 5.13 Å². The van der Waals surface area contributed by atoms with Crippen molar-refractivity contribution >= 4 is 44.2 Å². The maximum Gasteiger partial charge on any atom is 0.416 e. The lowest BCUT2D eigenvalue weighted by atomic mass is 10.1. The number of thiazole rings is 1. The zero-order valence-corrected chi connectivity index (χ0v) is 13.8. The second-order valence-corrected chi connectivity index (χ2v) is 6.59. The van der Waals surface area contributed by atoms with Crippen molar-refractivity contribution in [2.75, 3.05) is 4.90 Å². The number of nitrogens with zero attached hydrogens (tertiary/aromatic N) is 3. The Morgan fingerprint density at radius 2 is 1.85 bits per heavy atom. The molecule has 0 spiro atoms. The Morgan fingerprint density at radius 3 is 2.52 bits per heavy atom. The van der Waals surface area contributed by atoms with Crippen molar-refractivity contribution in [1.82, 2.24) is 4.98 Å². The third-order valence-corrected chi connectivity index (χ3v) is 4.99. The molecule has 0 bridgehead atoms. The highest BCUT2D eigenvalue weighted by molar-refractivity contribution is 7.22.